The fourth-order valence-corrected chi connectivity index (χ4v) is 2.37. The van der Waals surface area contributed by atoms with E-state index in [4.69, 9.17) is 5.73 Å². The highest BCUT2D eigenvalue weighted by molar-refractivity contribution is 6.02. The standard InChI is InChI=1S/C13H17N3O3/c14-11(8-3-6-15-7-4-8)10(13(18)19)12(17)9-2-1-5-16-9/h3-4,6-7,9-11,16H,1-2,5,14H2,(H,18,19)/t9-,10?,11-/m0/s1. The summed E-state index contributed by atoms with van der Waals surface area (Å²) < 4.78 is 0. The summed E-state index contributed by atoms with van der Waals surface area (Å²) >= 11 is 0. The van der Waals surface area contributed by atoms with Gasteiger partial charge in [0.1, 0.15) is 5.92 Å². The van der Waals surface area contributed by atoms with Crippen molar-refractivity contribution in [1.82, 2.24) is 10.3 Å². The van der Waals surface area contributed by atoms with E-state index >= 15 is 0 Å². The Morgan fingerprint density at radius 3 is 2.63 bits per heavy atom. The number of rotatable bonds is 5. The number of carbonyl (C=O) groups is 2. The Balaban J connectivity index is 2.20. The molecule has 19 heavy (non-hydrogen) atoms. The molecule has 1 aromatic rings. The largest absolute Gasteiger partial charge is 0.481 e. The third kappa shape index (κ3) is 2.97. The summed E-state index contributed by atoms with van der Waals surface area (Å²) in [5.41, 5.74) is 6.56. The first-order valence-corrected chi connectivity index (χ1v) is 6.26. The molecule has 0 aromatic carbocycles. The third-order valence-electron chi connectivity index (χ3n) is 3.43. The molecule has 1 aliphatic rings. The van der Waals surface area contributed by atoms with Crippen LogP contribution < -0.4 is 11.1 Å². The highest BCUT2D eigenvalue weighted by atomic mass is 16.4. The van der Waals surface area contributed by atoms with Gasteiger partial charge in [0.2, 0.25) is 0 Å². The maximum Gasteiger partial charge on any atom is 0.316 e. The monoisotopic (exact) mass is 263 g/mol. The third-order valence-corrected chi connectivity index (χ3v) is 3.43. The minimum Gasteiger partial charge on any atom is -0.481 e. The van der Waals surface area contributed by atoms with Gasteiger partial charge in [-0.15, -0.1) is 0 Å². The fourth-order valence-electron chi connectivity index (χ4n) is 2.37. The minimum atomic E-state index is -1.22. The van der Waals surface area contributed by atoms with Crippen LogP contribution in [0.2, 0.25) is 0 Å². The van der Waals surface area contributed by atoms with Crippen LogP contribution in [-0.2, 0) is 9.59 Å². The second-order valence-electron chi connectivity index (χ2n) is 4.67. The number of hydrogen-bond donors (Lipinski definition) is 3. The number of aliphatic carboxylic acids is 1. The Morgan fingerprint density at radius 2 is 2.11 bits per heavy atom. The number of carboxylic acids is 1. The predicted octanol–water partition coefficient (Wildman–Crippen LogP) is 0.103. The van der Waals surface area contributed by atoms with Crippen molar-refractivity contribution in [2.24, 2.45) is 11.7 Å². The average Bonchev–Trinajstić information content (AvgIpc) is 2.93. The Hall–Kier alpha value is -1.79. The molecule has 4 N–H and O–H groups in total. The molecule has 6 nitrogen and oxygen atoms in total. The highest BCUT2D eigenvalue weighted by Crippen LogP contribution is 2.23. The molecule has 1 aromatic heterocycles. The minimum absolute atomic E-state index is 0.339. The van der Waals surface area contributed by atoms with Crippen molar-refractivity contribution in [1.29, 1.82) is 0 Å². The summed E-state index contributed by atoms with van der Waals surface area (Å²) in [6.45, 7) is 0.743. The van der Waals surface area contributed by atoms with E-state index in [-0.39, 0.29) is 5.78 Å². The summed E-state index contributed by atoms with van der Waals surface area (Å²) in [4.78, 5) is 27.5. The molecule has 0 radical (unpaired) electrons. The Bertz CT molecular complexity index is 457. The van der Waals surface area contributed by atoms with E-state index in [2.05, 4.69) is 10.3 Å². The molecule has 2 heterocycles. The number of nitrogens with one attached hydrogen (secondary N) is 1. The van der Waals surface area contributed by atoms with Crippen molar-refractivity contribution in [3.63, 3.8) is 0 Å². The van der Waals surface area contributed by atoms with Gasteiger partial charge in [-0.1, -0.05) is 0 Å². The lowest BCUT2D eigenvalue weighted by molar-refractivity contribution is -0.147. The SMILES string of the molecule is N[C@@H](c1ccncc1)C(C(=O)O)C(=O)[C@@H]1CCCN1. The Labute approximate surface area is 111 Å². The van der Waals surface area contributed by atoms with Crippen LogP contribution >= 0.6 is 0 Å². The zero-order valence-corrected chi connectivity index (χ0v) is 10.5. The number of hydrogen-bond acceptors (Lipinski definition) is 5. The van der Waals surface area contributed by atoms with E-state index in [0.29, 0.717) is 12.0 Å². The van der Waals surface area contributed by atoms with E-state index in [0.717, 1.165) is 13.0 Å². The maximum atomic E-state index is 12.3. The number of aromatic nitrogens is 1. The lowest BCUT2D eigenvalue weighted by atomic mass is 9.87. The number of carboxylic acid groups (broad SMARTS) is 1. The van der Waals surface area contributed by atoms with Crippen molar-refractivity contribution >= 4 is 11.8 Å². The molecular formula is C13H17N3O3. The second-order valence-corrected chi connectivity index (χ2v) is 4.67. The highest BCUT2D eigenvalue weighted by Gasteiger charge is 2.38. The summed E-state index contributed by atoms with van der Waals surface area (Å²) in [6, 6.07) is 2.02. The lowest BCUT2D eigenvalue weighted by Crippen LogP contribution is -2.43. The van der Waals surface area contributed by atoms with Crippen LogP contribution in [0.15, 0.2) is 24.5 Å². The zero-order valence-electron chi connectivity index (χ0n) is 10.5. The molecule has 1 aliphatic heterocycles. The van der Waals surface area contributed by atoms with Crippen LogP contribution in [0.4, 0.5) is 0 Å². The van der Waals surface area contributed by atoms with Gasteiger partial charge in [-0.05, 0) is 37.1 Å². The number of Topliss-reactive ketones (excluding diaryl/α,β-unsaturated/α-hetero) is 1. The molecular weight excluding hydrogens is 246 g/mol. The van der Waals surface area contributed by atoms with Gasteiger partial charge in [0.15, 0.2) is 5.78 Å². The van der Waals surface area contributed by atoms with Gasteiger partial charge in [0.25, 0.3) is 0 Å². The zero-order chi connectivity index (χ0) is 13.8. The number of nitrogens with two attached hydrogens (primary N) is 1. The van der Waals surface area contributed by atoms with E-state index in [1.54, 1.807) is 12.1 Å². The van der Waals surface area contributed by atoms with Gasteiger partial charge in [-0.25, -0.2) is 0 Å². The first kappa shape index (κ1) is 13.6. The molecule has 2 rings (SSSR count). The smallest absolute Gasteiger partial charge is 0.316 e. The fraction of sp³-hybridized carbons (Fsp3) is 0.462. The summed E-state index contributed by atoms with van der Waals surface area (Å²) in [5, 5.41) is 12.3. The molecule has 102 valence electrons. The molecule has 3 atom stereocenters. The molecule has 0 saturated carbocycles. The van der Waals surface area contributed by atoms with Crippen LogP contribution in [0.25, 0.3) is 0 Å². The van der Waals surface area contributed by atoms with Crippen LogP contribution in [0.5, 0.6) is 0 Å². The first-order chi connectivity index (χ1) is 9.11. The summed E-state index contributed by atoms with van der Waals surface area (Å²) in [7, 11) is 0. The summed E-state index contributed by atoms with van der Waals surface area (Å²) in [5.74, 6) is -2.74. The van der Waals surface area contributed by atoms with Crippen LogP contribution in [0.3, 0.4) is 0 Å². The topological polar surface area (TPSA) is 105 Å². The van der Waals surface area contributed by atoms with Gasteiger partial charge in [-0.3, -0.25) is 14.6 Å². The number of carbonyl (C=O) groups excluding carboxylic acids is 1. The molecule has 0 aliphatic carbocycles. The molecule has 1 fully saturated rings. The Morgan fingerprint density at radius 1 is 1.42 bits per heavy atom. The van der Waals surface area contributed by atoms with Gasteiger partial charge < -0.3 is 16.2 Å². The molecule has 1 saturated heterocycles. The van der Waals surface area contributed by atoms with Gasteiger partial charge >= 0.3 is 5.97 Å². The number of ketones is 1. The van der Waals surface area contributed by atoms with Gasteiger partial charge in [-0.2, -0.15) is 0 Å². The van der Waals surface area contributed by atoms with Crippen LogP contribution in [0.1, 0.15) is 24.4 Å². The first-order valence-electron chi connectivity index (χ1n) is 6.26. The van der Waals surface area contributed by atoms with E-state index in [9.17, 15) is 14.7 Å². The van der Waals surface area contributed by atoms with E-state index in [1.807, 2.05) is 0 Å². The van der Waals surface area contributed by atoms with Crippen molar-refractivity contribution in [3.05, 3.63) is 30.1 Å². The normalized spacial score (nSPS) is 21.8. The van der Waals surface area contributed by atoms with Crippen molar-refractivity contribution in [3.8, 4) is 0 Å². The summed E-state index contributed by atoms with van der Waals surface area (Å²) in [6.07, 6.45) is 4.62. The van der Waals surface area contributed by atoms with E-state index in [1.165, 1.54) is 12.4 Å². The van der Waals surface area contributed by atoms with E-state index < -0.39 is 24.0 Å². The van der Waals surface area contributed by atoms with Crippen molar-refractivity contribution in [2.45, 2.75) is 24.9 Å². The Kier molecular flexibility index (Phi) is 4.24. The van der Waals surface area contributed by atoms with Gasteiger partial charge in [0, 0.05) is 12.4 Å². The quantitative estimate of drug-likeness (QED) is 0.651. The molecule has 0 spiro atoms. The lowest BCUT2D eigenvalue weighted by Gasteiger charge is -2.22. The average molecular weight is 263 g/mol. The predicted molar refractivity (Wildman–Crippen MR) is 68.3 cm³/mol. The van der Waals surface area contributed by atoms with Crippen LogP contribution in [0, 0.1) is 5.92 Å². The molecule has 1 unspecified atom stereocenters. The number of nitrogens with zero attached hydrogens (tertiary/aromatic N) is 1. The molecule has 6 heteroatoms. The van der Waals surface area contributed by atoms with Gasteiger partial charge in [0.05, 0.1) is 12.1 Å². The second kappa shape index (κ2) is 5.90. The number of pyridine rings is 1. The van der Waals surface area contributed by atoms with Crippen molar-refractivity contribution in [2.75, 3.05) is 6.54 Å². The van der Waals surface area contributed by atoms with Crippen LogP contribution in [-0.4, -0.2) is 34.4 Å². The molecule has 0 bridgehead atoms. The maximum absolute atomic E-state index is 12.3. The van der Waals surface area contributed by atoms with Crippen molar-refractivity contribution < 1.29 is 14.7 Å². The molecule has 0 amide bonds.